The van der Waals surface area contributed by atoms with Crippen molar-refractivity contribution in [1.82, 2.24) is 0 Å². The Morgan fingerprint density at radius 2 is 1.91 bits per heavy atom. The van der Waals surface area contributed by atoms with E-state index in [1.54, 1.807) is 18.2 Å². The number of hydrogen-bond acceptors (Lipinski definition) is 2. The van der Waals surface area contributed by atoms with Crippen LogP contribution in [0.1, 0.15) is 18.1 Å². The molecule has 0 aliphatic carbocycles. The van der Waals surface area contributed by atoms with Crippen LogP contribution >= 0.6 is 0 Å². The van der Waals surface area contributed by atoms with Crippen molar-refractivity contribution < 1.29 is 18.3 Å². The third kappa shape index (κ3) is 2.53. The van der Waals surface area contributed by atoms with Gasteiger partial charge in [-0.1, -0.05) is 5.92 Å². The highest BCUT2D eigenvalue weighted by Gasteiger charge is 2.18. The van der Waals surface area contributed by atoms with Crippen molar-refractivity contribution in [3.63, 3.8) is 0 Å². The molecule has 22 heavy (non-hydrogen) atoms. The molecule has 0 saturated carbocycles. The lowest BCUT2D eigenvalue weighted by atomic mass is 10.0. The topological polar surface area (TPSA) is 18.5 Å². The number of ether oxygens (including phenoxy) is 2. The summed E-state index contributed by atoms with van der Waals surface area (Å²) in [5.74, 6) is 2.10. The summed E-state index contributed by atoms with van der Waals surface area (Å²) in [6.45, 7) is 2.59. The minimum absolute atomic E-state index is 0.0825. The van der Waals surface area contributed by atoms with Gasteiger partial charge in [0.1, 0.15) is 23.9 Å². The van der Waals surface area contributed by atoms with E-state index in [1.807, 2.05) is 6.92 Å². The molecule has 2 aromatic rings. The van der Waals surface area contributed by atoms with E-state index in [0.717, 1.165) is 29.0 Å². The minimum Gasteiger partial charge on any atom is -0.488 e. The summed E-state index contributed by atoms with van der Waals surface area (Å²) in [6, 6.07) is 8.29. The Bertz CT molecular complexity index is 816. The monoisotopic (exact) mass is 298 g/mol. The van der Waals surface area contributed by atoms with E-state index in [1.165, 1.54) is 6.07 Å². The van der Waals surface area contributed by atoms with Crippen LogP contribution in [0.4, 0.5) is 8.78 Å². The van der Waals surface area contributed by atoms with Gasteiger partial charge in [-0.15, -0.1) is 6.42 Å². The van der Waals surface area contributed by atoms with Gasteiger partial charge >= 0.3 is 0 Å². The number of hydrogen-bond donors (Lipinski definition) is 0. The SMILES string of the molecule is C#Cc1cc(C2=C(C)CO2)ccc1Oc1ccc(F)cc1F. The van der Waals surface area contributed by atoms with E-state index >= 15 is 0 Å². The Balaban J connectivity index is 1.94. The van der Waals surface area contributed by atoms with Crippen LogP contribution in [0.25, 0.3) is 5.76 Å². The molecule has 1 aliphatic heterocycles. The molecule has 0 fully saturated rings. The van der Waals surface area contributed by atoms with Crippen LogP contribution in [0.2, 0.25) is 0 Å². The second kappa shape index (κ2) is 5.53. The van der Waals surface area contributed by atoms with Gasteiger partial charge in [0.05, 0.1) is 5.56 Å². The van der Waals surface area contributed by atoms with Gasteiger partial charge in [0.15, 0.2) is 11.6 Å². The molecule has 0 unspecified atom stereocenters. The molecule has 2 aromatic carbocycles. The normalized spacial score (nSPS) is 13.2. The predicted molar refractivity (Wildman–Crippen MR) is 79.4 cm³/mol. The van der Waals surface area contributed by atoms with Crippen LogP contribution in [-0.2, 0) is 4.74 Å². The van der Waals surface area contributed by atoms with Crippen molar-refractivity contribution in [2.45, 2.75) is 6.92 Å². The highest BCUT2D eigenvalue weighted by atomic mass is 19.1. The van der Waals surface area contributed by atoms with Gasteiger partial charge in [-0.2, -0.15) is 0 Å². The quantitative estimate of drug-likeness (QED) is 0.777. The molecule has 1 aliphatic rings. The van der Waals surface area contributed by atoms with Crippen molar-refractivity contribution >= 4 is 5.76 Å². The van der Waals surface area contributed by atoms with Gasteiger partial charge in [0.25, 0.3) is 0 Å². The Labute approximate surface area is 127 Å². The van der Waals surface area contributed by atoms with Crippen LogP contribution in [0.5, 0.6) is 11.5 Å². The van der Waals surface area contributed by atoms with Crippen LogP contribution < -0.4 is 4.74 Å². The first-order valence-corrected chi connectivity index (χ1v) is 6.65. The molecule has 0 atom stereocenters. The minimum atomic E-state index is -0.784. The lowest BCUT2D eigenvalue weighted by molar-refractivity contribution is 0.259. The zero-order valence-electron chi connectivity index (χ0n) is 11.8. The van der Waals surface area contributed by atoms with E-state index in [-0.39, 0.29) is 5.75 Å². The molecular formula is C18H12F2O2. The van der Waals surface area contributed by atoms with E-state index in [9.17, 15) is 8.78 Å². The molecule has 0 radical (unpaired) electrons. The first-order valence-electron chi connectivity index (χ1n) is 6.65. The van der Waals surface area contributed by atoms with Crippen LogP contribution in [-0.4, -0.2) is 6.61 Å². The van der Waals surface area contributed by atoms with Gasteiger partial charge in [0.2, 0.25) is 0 Å². The van der Waals surface area contributed by atoms with Crippen molar-refractivity contribution in [1.29, 1.82) is 0 Å². The smallest absolute Gasteiger partial charge is 0.168 e. The van der Waals surface area contributed by atoms with Crippen LogP contribution in [0, 0.1) is 24.0 Å². The number of benzene rings is 2. The summed E-state index contributed by atoms with van der Waals surface area (Å²) in [4.78, 5) is 0. The van der Waals surface area contributed by atoms with E-state index < -0.39 is 11.6 Å². The van der Waals surface area contributed by atoms with Gasteiger partial charge in [-0.05, 0) is 37.3 Å². The van der Waals surface area contributed by atoms with Gasteiger partial charge in [-0.25, -0.2) is 8.78 Å². The van der Waals surface area contributed by atoms with Crippen molar-refractivity contribution in [2.75, 3.05) is 6.61 Å². The van der Waals surface area contributed by atoms with Crippen molar-refractivity contribution in [3.05, 3.63) is 64.7 Å². The van der Waals surface area contributed by atoms with E-state index in [2.05, 4.69) is 5.92 Å². The molecule has 0 spiro atoms. The zero-order valence-corrected chi connectivity index (χ0v) is 11.8. The second-order valence-electron chi connectivity index (χ2n) is 4.93. The highest BCUT2D eigenvalue weighted by Crippen LogP contribution is 2.33. The van der Waals surface area contributed by atoms with Gasteiger partial charge in [0, 0.05) is 17.2 Å². The molecule has 0 aromatic heterocycles. The molecule has 4 heteroatoms. The van der Waals surface area contributed by atoms with Crippen molar-refractivity contribution in [3.8, 4) is 23.8 Å². The maximum Gasteiger partial charge on any atom is 0.168 e. The average Bonchev–Trinajstić information content (AvgIpc) is 2.49. The second-order valence-corrected chi connectivity index (χ2v) is 4.93. The summed E-state index contributed by atoms with van der Waals surface area (Å²) in [5.41, 5.74) is 2.46. The Kier molecular flexibility index (Phi) is 3.56. The summed E-state index contributed by atoms with van der Waals surface area (Å²) in [6.07, 6.45) is 5.49. The summed E-state index contributed by atoms with van der Waals surface area (Å²) < 4.78 is 37.4. The molecule has 3 rings (SSSR count). The zero-order chi connectivity index (χ0) is 15.7. The average molecular weight is 298 g/mol. The predicted octanol–water partition coefficient (Wildman–Crippen LogP) is 4.50. The molecule has 0 bridgehead atoms. The Hall–Kier alpha value is -2.80. The van der Waals surface area contributed by atoms with Gasteiger partial charge < -0.3 is 9.47 Å². The van der Waals surface area contributed by atoms with Crippen LogP contribution in [0.3, 0.4) is 0 Å². The fourth-order valence-corrected chi connectivity index (χ4v) is 2.17. The number of rotatable bonds is 3. The molecule has 1 heterocycles. The Morgan fingerprint density at radius 3 is 2.50 bits per heavy atom. The molecule has 0 saturated heterocycles. The molecule has 0 amide bonds. The van der Waals surface area contributed by atoms with E-state index in [4.69, 9.17) is 15.9 Å². The maximum absolute atomic E-state index is 13.7. The van der Waals surface area contributed by atoms with E-state index in [0.29, 0.717) is 17.9 Å². The van der Waals surface area contributed by atoms with Gasteiger partial charge in [-0.3, -0.25) is 0 Å². The standard InChI is InChI=1S/C18H12F2O2/c1-3-12-8-13(18-11(2)10-21-18)4-6-16(12)22-17-7-5-14(19)9-15(17)20/h1,4-9H,10H2,2H3. The molecule has 110 valence electrons. The summed E-state index contributed by atoms with van der Waals surface area (Å²) >= 11 is 0. The Morgan fingerprint density at radius 1 is 1.14 bits per heavy atom. The third-order valence-electron chi connectivity index (χ3n) is 3.33. The molecule has 0 N–H and O–H groups in total. The first-order chi connectivity index (χ1) is 10.6. The number of terminal acetylenes is 1. The van der Waals surface area contributed by atoms with Crippen molar-refractivity contribution in [2.24, 2.45) is 0 Å². The molecular weight excluding hydrogens is 286 g/mol. The molecule has 2 nitrogen and oxygen atoms in total. The lowest BCUT2D eigenvalue weighted by Crippen LogP contribution is -2.10. The number of halogens is 2. The summed E-state index contributed by atoms with van der Waals surface area (Å²) in [7, 11) is 0. The third-order valence-corrected chi connectivity index (χ3v) is 3.33. The first kappa shape index (κ1) is 14.2. The lowest BCUT2D eigenvalue weighted by Gasteiger charge is -2.23. The highest BCUT2D eigenvalue weighted by molar-refractivity contribution is 5.69. The largest absolute Gasteiger partial charge is 0.488 e. The fraction of sp³-hybridized carbons (Fsp3) is 0.111. The van der Waals surface area contributed by atoms with Crippen LogP contribution in [0.15, 0.2) is 42.0 Å². The fourth-order valence-electron chi connectivity index (χ4n) is 2.17. The maximum atomic E-state index is 13.7. The summed E-state index contributed by atoms with van der Waals surface area (Å²) in [5, 5.41) is 0.